The van der Waals surface area contributed by atoms with Gasteiger partial charge in [-0.3, -0.25) is 9.69 Å². The van der Waals surface area contributed by atoms with Gasteiger partial charge in [0.1, 0.15) is 23.3 Å². The molecule has 4 amide bonds. The molecule has 0 saturated heterocycles. The monoisotopic (exact) mass is 784 g/mol. The van der Waals surface area contributed by atoms with E-state index in [0.717, 1.165) is 10.5 Å². The SMILES string of the molecule is CC(C)(C)OC(=O)N(CC(=O)Nc1cccc(CN)c1)Cc1ccc(C(Nc2ccc3c(N(C(=O)OC(C)(C)C)C(=O)OC(C)(C)C)nccc3c2)C(=O)O)cc1. The van der Waals surface area contributed by atoms with Crippen LogP contribution in [0.25, 0.3) is 10.8 Å². The Morgan fingerprint density at radius 1 is 0.737 bits per heavy atom. The predicted octanol–water partition coefficient (Wildman–Crippen LogP) is 7.98. The number of imide groups is 1. The molecule has 0 aliphatic rings. The molecule has 1 atom stereocenters. The molecule has 1 unspecified atom stereocenters. The van der Waals surface area contributed by atoms with Crippen LogP contribution in [0.4, 0.5) is 31.6 Å². The topological polar surface area (TPSA) is 203 Å². The Bertz CT molecular complexity index is 2070. The minimum Gasteiger partial charge on any atom is -0.479 e. The maximum atomic E-state index is 13.3. The lowest BCUT2D eigenvalue weighted by Crippen LogP contribution is -2.44. The van der Waals surface area contributed by atoms with E-state index in [9.17, 15) is 29.1 Å². The Morgan fingerprint density at radius 2 is 1.33 bits per heavy atom. The van der Waals surface area contributed by atoms with Crippen LogP contribution in [0.1, 0.15) is 85.0 Å². The highest BCUT2D eigenvalue weighted by Gasteiger charge is 2.35. The minimum absolute atomic E-state index is 0.00126. The summed E-state index contributed by atoms with van der Waals surface area (Å²) in [6, 6.07) is 19.0. The average molecular weight is 785 g/mol. The van der Waals surface area contributed by atoms with Gasteiger partial charge in [0.25, 0.3) is 0 Å². The highest BCUT2D eigenvalue weighted by atomic mass is 16.6. The number of anilines is 3. The van der Waals surface area contributed by atoms with Gasteiger partial charge in [-0.1, -0.05) is 36.4 Å². The van der Waals surface area contributed by atoms with Crippen LogP contribution in [-0.4, -0.2) is 68.5 Å². The number of amides is 4. The average Bonchev–Trinajstić information content (AvgIpc) is 3.08. The summed E-state index contributed by atoms with van der Waals surface area (Å²) in [5.41, 5.74) is 5.90. The minimum atomic E-state index is -1.20. The number of hydrogen-bond donors (Lipinski definition) is 4. The second kappa shape index (κ2) is 17.7. The van der Waals surface area contributed by atoms with E-state index in [4.69, 9.17) is 19.9 Å². The number of hydrogen-bond acceptors (Lipinski definition) is 11. The molecule has 0 bridgehead atoms. The fourth-order valence-corrected chi connectivity index (χ4v) is 5.44. The van der Waals surface area contributed by atoms with Crippen molar-refractivity contribution < 1.29 is 43.3 Å². The van der Waals surface area contributed by atoms with E-state index in [1.165, 1.54) is 11.1 Å². The van der Waals surface area contributed by atoms with Crippen molar-refractivity contribution in [2.45, 2.75) is 98.2 Å². The zero-order valence-corrected chi connectivity index (χ0v) is 33.8. The summed E-state index contributed by atoms with van der Waals surface area (Å²) in [6.07, 6.45) is -1.23. The number of carboxylic acids is 1. The first kappa shape index (κ1) is 43.5. The number of aliphatic carboxylic acids is 1. The Balaban J connectivity index is 1.57. The zero-order chi connectivity index (χ0) is 42.3. The number of fused-ring (bicyclic) bond motifs is 1. The van der Waals surface area contributed by atoms with Crippen molar-refractivity contribution >= 4 is 58.1 Å². The van der Waals surface area contributed by atoms with Gasteiger partial charge < -0.3 is 35.7 Å². The van der Waals surface area contributed by atoms with Crippen LogP contribution < -0.4 is 21.3 Å². The Hall–Kier alpha value is -6.22. The van der Waals surface area contributed by atoms with Gasteiger partial charge in [-0.2, -0.15) is 4.90 Å². The van der Waals surface area contributed by atoms with Crippen molar-refractivity contribution in [1.29, 1.82) is 0 Å². The molecule has 4 rings (SSSR count). The molecule has 0 aliphatic heterocycles. The van der Waals surface area contributed by atoms with Gasteiger partial charge >= 0.3 is 24.2 Å². The zero-order valence-electron chi connectivity index (χ0n) is 33.8. The van der Waals surface area contributed by atoms with Crippen molar-refractivity contribution in [3.05, 3.63) is 95.7 Å². The van der Waals surface area contributed by atoms with Crippen molar-refractivity contribution in [1.82, 2.24) is 9.88 Å². The first-order valence-electron chi connectivity index (χ1n) is 18.3. The van der Waals surface area contributed by atoms with E-state index < -0.39 is 53.0 Å². The Labute approximate surface area is 332 Å². The smallest absolute Gasteiger partial charge is 0.425 e. The first-order chi connectivity index (χ1) is 26.5. The quantitative estimate of drug-likeness (QED) is 0.107. The van der Waals surface area contributed by atoms with Gasteiger partial charge in [0, 0.05) is 36.0 Å². The number of nitrogens with two attached hydrogens (primary N) is 1. The van der Waals surface area contributed by atoms with Crippen LogP contribution in [0.2, 0.25) is 0 Å². The molecular formula is C42H52N6O9. The third kappa shape index (κ3) is 12.9. The van der Waals surface area contributed by atoms with Gasteiger partial charge in [-0.15, -0.1) is 0 Å². The van der Waals surface area contributed by atoms with Gasteiger partial charge in [-0.25, -0.2) is 24.2 Å². The number of pyridine rings is 1. The summed E-state index contributed by atoms with van der Waals surface area (Å²) >= 11 is 0. The molecule has 57 heavy (non-hydrogen) atoms. The van der Waals surface area contributed by atoms with Crippen molar-refractivity contribution in [3.63, 3.8) is 0 Å². The third-order valence-electron chi connectivity index (χ3n) is 7.78. The molecule has 0 fully saturated rings. The number of benzene rings is 3. The molecule has 0 aliphatic carbocycles. The highest BCUT2D eigenvalue weighted by molar-refractivity contribution is 6.14. The molecule has 5 N–H and O–H groups in total. The number of carboxylic acid groups (broad SMARTS) is 1. The van der Waals surface area contributed by atoms with Gasteiger partial charge in [0.15, 0.2) is 11.9 Å². The fraction of sp³-hybridized carbons (Fsp3) is 0.381. The maximum Gasteiger partial charge on any atom is 0.425 e. The summed E-state index contributed by atoms with van der Waals surface area (Å²) in [4.78, 5) is 71.8. The third-order valence-corrected chi connectivity index (χ3v) is 7.78. The molecule has 304 valence electrons. The van der Waals surface area contributed by atoms with E-state index in [2.05, 4.69) is 15.6 Å². The summed E-state index contributed by atoms with van der Waals surface area (Å²) in [5, 5.41) is 17.1. The number of aromatic nitrogens is 1. The molecular weight excluding hydrogens is 732 g/mol. The van der Waals surface area contributed by atoms with E-state index in [1.54, 1.807) is 129 Å². The van der Waals surface area contributed by atoms with Crippen LogP contribution in [0.5, 0.6) is 0 Å². The van der Waals surface area contributed by atoms with Crippen LogP contribution in [0.15, 0.2) is 79.0 Å². The summed E-state index contributed by atoms with van der Waals surface area (Å²) in [6.45, 7) is 15.2. The normalized spacial score (nSPS) is 12.2. The van der Waals surface area contributed by atoms with Gasteiger partial charge in [0.2, 0.25) is 5.91 Å². The van der Waals surface area contributed by atoms with Crippen molar-refractivity contribution in [2.75, 3.05) is 22.1 Å². The summed E-state index contributed by atoms with van der Waals surface area (Å²) < 4.78 is 16.6. The molecule has 15 heteroatoms. The van der Waals surface area contributed by atoms with Gasteiger partial charge in [0.05, 0.1) is 0 Å². The second-order valence-electron chi connectivity index (χ2n) is 16.3. The molecule has 4 aromatic rings. The molecule has 0 saturated carbocycles. The predicted molar refractivity (Wildman–Crippen MR) is 217 cm³/mol. The van der Waals surface area contributed by atoms with Crippen LogP contribution >= 0.6 is 0 Å². The highest BCUT2D eigenvalue weighted by Crippen LogP contribution is 2.31. The molecule has 1 aromatic heterocycles. The number of nitrogens with zero attached hydrogens (tertiary/aromatic N) is 3. The largest absolute Gasteiger partial charge is 0.479 e. The first-order valence-corrected chi connectivity index (χ1v) is 18.3. The van der Waals surface area contributed by atoms with E-state index in [0.29, 0.717) is 39.8 Å². The number of carbonyl (C=O) groups is 5. The summed E-state index contributed by atoms with van der Waals surface area (Å²) in [5.74, 6) is -1.63. The molecule has 0 spiro atoms. The Kier molecular flexibility index (Phi) is 13.5. The number of rotatable bonds is 11. The number of nitrogens with one attached hydrogen (secondary N) is 2. The molecule has 1 heterocycles. The van der Waals surface area contributed by atoms with Crippen LogP contribution in [0.3, 0.4) is 0 Å². The Morgan fingerprint density at radius 3 is 1.89 bits per heavy atom. The van der Waals surface area contributed by atoms with Crippen LogP contribution in [0, 0.1) is 0 Å². The molecule has 15 nitrogen and oxygen atoms in total. The fourth-order valence-electron chi connectivity index (χ4n) is 5.44. The molecule has 0 radical (unpaired) electrons. The number of carbonyl (C=O) groups excluding carboxylic acids is 4. The maximum absolute atomic E-state index is 13.3. The van der Waals surface area contributed by atoms with E-state index in [1.807, 2.05) is 6.07 Å². The van der Waals surface area contributed by atoms with Crippen molar-refractivity contribution in [2.24, 2.45) is 5.73 Å². The molecule has 3 aromatic carbocycles. The van der Waals surface area contributed by atoms with E-state index >= 15 is 0 Å². The lowest BCUT2D eigenvalue weighted by molar-refractivity contribution is -0.138. The second-order valence-corrected chi connectivity index (χ2v) is 16.3. The number of ether oxygens (including phenoxy) is 3. The van der Waals surface area contributed by atoms with Crippen LogP contribution in [-0.2, 0) is 36.9 Å². The lowest BCUT2D eigenvalue weighted by atomic mass is 10.0. The summed E-state index contributed by atoms with van der Waals surface area (Å²) in [7, 11) is 0. The van der Waals surface area contributed by atoms with Crippen molar-refractivity contribution in [3.8, 4) is 0 Å². The van der Waals surface area contributed by atoms with E-state index in [-0.39, 0.29) is 18.9 Å². The lowest BCUT2D eigenvalue weighted by Gasteiger charge is -2.28. The van der Waals surface area contributed by atoms with Gasteiger partial charge in [-0.05, 0) is 121 Å². The standard InChI is InChI=1S/C42H52N6O9/c1-40(2,3)55-37(52)47(25-33(49)45-30-12-10-11-27(21-30)23-43)24-26-13-15-28(16-14-26)34(36(50)51)46-31-17-18-32-29(22-31)19-20-44-35(32)48(38(53)56-41(4,5)6)39(54)57-42(7,8)9/h10-22,34,46H,23-25,43H2,1-9H3,(H,45,49)(H,50,51).